The van der Waals surface area contributed by atoms with E-state index in [4.69, 9.17) is 19.7 Å². The molecule has 3 aromatic carbocycles. The molecule has 666 valence electrons. The summed E-state index contributed by atoms with van der Waals surface area (Å²) < 4.78 is 139. The van der Waals surface area contributed by atoms with Gasteiger partial charge in [0.15, 0.2) is 143 Å². The second-order valence-electron chi connectivity index (χ2n) is 28.3. The Morgan fingerprint density at radius 2 is 0.504 bits per heavy atom. The van der Waals surface area contributed by atoms with Gasteiger partial charge in [0, 0.05) is 49.3 Å². The van der Waals surface area contributed by atoms with Gasteiger partial charge in [-0.1, -0.05) is 6.07 Å². The van der Waals surface area contributed by atoms with Gasteiger partial charge < -0.3 is 0 Å². The molecule has 48 nitrogen and oxygen atoms in total. The Kier molecular flexibility index (Phi) is 21.8. The summed E-state index contributed by atoms with van der Waals surface area (Å²) in [5.74, 6) is -15.7. The van der Waals surface area contributed by atoms with E-state index < -0.39 is 167 Å². The first-order valence-electron chi connectivity index (χ1n) is 38.7. The van der Waals surface area contributed by atoms with E-state index in [9.17, 15) is 75.5 Å². The molecule has 0 bridgehead atoms. The normalized spacial score (nSPS) is 14.8. The molecule has 0 fully saturated rings. The van der Waals surface area contributed by atoms with Crippen LogP contribution >= 0.6 is 0 Å². The van der Waals surface area contributed by atoms with Crippen LogP contribution < -0.4 is 98.0 Å². The first kappa shape index (κ1) is 88.2. The zero-order chi connectivity index (χ0) is 98.8. The maximum absolute atomic E-state index is 14.2. The van der Waals surface area contributed by atoms with E-state index in [1.165, 1.54) is 50.2 Å². The van der Waals surface area contributed by atoms with Crippen LogP contribution in [0, 0.1) is 157 Å². The molecule has 9 aromatic heterocycles. The molecule has 0 radical (unpaired) electrons. The number of hydrogen-bond donors (Lipinski definition) is 0. The molecule has 58 heteroatoms. The third-order valence-electron chi connectivity index (χ3n) is 19.3. The van der Waals surface area contributed by atoms with Gasteiger partial charge in [0.1, 0.15) is 86.8 Å². The lowest BCUT2D eigenvalue weighted by Gasteiger charge is -2.07. The van der Waals surface area contributed by atoms with Crippen molar-refractivity contribution in [3.8, 4) is 36.4 Å². The molecule has 0 unspecified atom stereocenters. The van der Waals surface area contributed by atoms with E-state index in [1.54, 1.807) is 32.1 Å². The standard InChI is InChI=1S/C34H15F5N12.C25H3F5N18.C24H6N18/c1-13-5-14(2)24-21(6-13)43-28(46-24)18(11-40)30-49-31(19(12-41)29-44-22-9-16(35)7-15(3)25(22)47-29)51-33(50-30)27(42-4)32-45-23-10-17(36)8-20(26(23)48-32)34(37,38)39;1-5-9(26)35-21-20(34-5)43-16(44-21)6(3-31)14-40-15(7(4-32)17-45-22-23(46-17)37-11(28)10(27)36-22)42-18(41-14)8(33-2)19-47-24-25(48-19)39-13(30)12(29)38-24;1-27-12(18-41-23-24(42-18)33-7-6-32-23)17-35-13(10(8-25)15-37-19-20(38-15)29-3-2-28-19)34-14(36-17)11(9-26)16-39-21-22(40-16)31-5-4-30-21/h5-10H,1-3H3;1H3;2-7H/b28-18-,29-19-,32-27+;16-6-;. The fourth-order valence-corrected chi connectivity index (χ4v) is 13.2. The predicted octanol–water partition coefficient (Wildman–Crippen LogP) is -2.05. The molecule has 12 aromatic rings. The number of aryl methyl sites for hydroxylation is 4. The van der Waals surface area contributed by atoms with Crippen molar-refractivity contribution in [2.75, 3.05) is 0 Å². The molecule has 0 atom stereocenters. The number of alkyl halides is 3. The highest BCUT2D eigenvalue weighted by Gasteiger charge is 2.37. The lowest BCUT2D eigenvalue weighted by atomic mass is 10.1. The van der Waals surface area contributed by atoms with Crippen molar-refractivity contribution >= 4 is 50.5 Å². The number of benzene rings is 3. The molecule has 0 amide bonds. The minimum atomic E-state index is -5.01. The topological polar surface area (TPSA) is 649 Å². The Bertz CT molecular complexity index is 9130. The largest absolute Gasteiger partial charge is 0.418 e. The third-order valence-corrected chi connectivity index (χ3v) is 19.3. The van der Waals surface area contributed by atoms with E-state index in [0.29, 0.717) is 16.3 Å². The lowest BCUT2D eigenvalue weighted by molar-refractivity contribution is -0.138. The highest BCUT2D eigenvalue weighted by Crippen LogP contribution is 2.33. The molecule has 9 aliphatic heterocycles. The fraction of sp³-hybridized carbons (Fsp3) is 0.0602. The lowest BCUT2D eigenvalue weighted by Crippen LogP contribution is -2.31. The van der Waals surface area contributed by atoms with E-state index in [2.05, 4.69) is 209 Å². The third kappa shape index (κ3) is 16.4. The van der Waals surface area contributed by atoms with E-state index >= 15 is 0 Å². The highest BCUT2D eigenvalue weighted by molar-refractivity contribution is 5.84. The second-order valence-corrected chi connectivity index (χ2v) is 28.3. The number of aromatic nitrogens is 21. The summed E-state index contributed by atoms with van der Waals surface area (Å²) in [7, 11) is 0. The highest BCUT2D eigenvalue weighted by atomic mass is 19.4. The SMILES string of the molecule is [C-]#[N+]/C(=C1\N=c2cc(F)cc(C(F)(F)F)c2=N1)c1nc(/C(C#N)=C2/N=c3cc(C)cc(C)c3=N2)nc(/C(C#N)=C2/N=c3cc(F)cc(C)c3=N2)n1.[C-]#[N+]C(=C1N=c2nc(F)c(F)nc2=N1)c1nc(C(C#N)=C2N=c3nc(F)c(F)nc3=N2)nc(/C(C#N)=C2/N=c3nc(C)c(F)nc3=N2)n1.[C-]#[N+]C(=C1N=c2nccnc2=N1)c1nc(C(C#N)=C2N=c3nccnc3=N2)nc(C(C#N)=C2N=c3nccnc3=N2)n1. The summed E-state index contributed by atoms with van der Waals surface area (Å²) in [6.45, 7) is 30.1. The van der Waals surface area contributed by atoms with Crippen LogP contribution in [0.25, 0.3) is 65.1 Å². The van der Waals surface area contributed by atoms with E-state index in [0.717, 1.165) is 23.3 Å². The van der Waals surface area contributed by atoms with Crippen molar-refractivity contribution in [2.45, 2.75) is 33.9 Å². The summed E-state index contributed by atoms with van der Waals surface area (Å²) in [5.41, 5.74) is -4.27. The molecule has 21 rings (SSSR count). The number of nitrogens with zero attached hydrogens (tertiary/aromatic N) is 48. The van der Waals surface area contributed by atoms with Gasteiger partial charge in [-0.2, -0.15) is 91.6 Å². The van der Waals surface area contributed by atoms with Crippen molar-refractivity contribution < 1.29 is 43.9 Å². The van der Waals surface area contributed by atoms with E-state index in [1.807, 2.05) is 37.3 Å². The van der Waals surface area contributed by atoms with Gasteiger partial charge in [0.2, 0.25) is 33.4 Å². The van der Waals surface area contributed by atoms with Crippen molar-refractivity contribution in [3.63, 3.8) is 0 Å². The first-order chi connectivity index (χ1) is 68.0. The Labute approximate surface area is 767 Å². The molecule has 0 saturated heterocycles. The van der Waals surface area contributed by atoms with Crippen molar-refractivity contribution in [1.82, 2.24) is 105 Å². The Morgan fingerprint density at radius 1 is 0.262 bits per heavy atom. The molecule has 141 heavy (non-hydrogen) atoms. The van der Waals surface area contributed by atoms with Crippen LogP contribution in [0.2, 0.25) is 0 Å². The zero-order valence-corrected chi connectivity index (χ0v) is 69.7. The molecule has 0 spiro atoms. The molecule has 9 aliphatic rings. The van der Waals surface area contributed by atoms with Crippen LogP contribution in [-0.2, 0) is 6.18 Å². The smallest absolute Gasteiger partial charge is 0.238 e. The Balaban J connectivity index is 0.000000135. The molecule has 0 aliphatic carbocycles. The Morgan fingerprint density at radius 3 is 0.823 bits per heavy atom. The number of allylic oxidation sites excluding steroid dienone is 6. The average molecular weight is 1880 g/mol. The van der Waals surface area contributed by atoms with Gasteiger partial charge in [-0.25, -0.2) is 193 Å². The monoisotopic (exact) mass is 1880 g/mol. The van der Waals surface area contributed by atoms with Crippen molar-refractivity contribution in [2.24, 2.45) is 89.9 Å². The van der Waals surface area contributed by atoms with E-state index in [-0.39, 0.29) is 141 Å². The van der Waals surface area contributed by atoms with Gasteiger partial charge in [-0.3, -0.25) is 0 Å². The molecule has 0 saturated carbocycles. The Hall–Kier alpha value is -22.1. The summed E-state index contributed by atoms with van der Waals surface area (Å²) in [4.78, 5) is 168. The quantitative estimate of drug-likeness (QED) is 0.0852. The van der Waals surface area contributed by atoms with Crippen LogP contribution in [0.1, 0.15) is 80.4 Å². The second kappa shape index (κ2) is 34.9. The number of rotatable bonds is 9. The number of halogens is 10. The maximum Gasteiger partial charge on any atom is 0.418 e. The molecular weight excluding hydrogens is 1860 g/mol. The minimum Gasteiger partial charge on any atom is -0.238 e. The summed E-state index contributed by atoms with van der Waals surface area (Å²) in [6.07, 6.45) is 3.57. The molecule has 0 N–H and O–H groups in total. The van der Waals surface area contributed by atoms with Gasteiger partial charge in [0.25, 0.3) is 40.9 Å². The summed E-state index contributed by atoms with van der Waals surface area (Å²) in [6, 6.07) is 18.3. The molecule has 18 heterocycles. The number of nitriles is 6. The van der Waals surface area contributed by atoms with Gasteiger partial charge >= 0.3 is 6.18 Å². The van der Waals surface area contributed by atoms with Gasteiger partial charge in [-0.05, 0) is 62.6 Å². The van der Waals surface area contributed by atoms with Crippen LogP contribution in [0.5, 0.6) is 0 Å². The van der Waals surface area contributed by atoms with Crippen molar-refractivity contribution in [1.29, 1.82) is 31.6 Å². The summed E-state index contributed by atoms with van der Waals surface area (Å²) >= 11 is 0. The van der Waals surface area contributed by atoms with Crippen LogP contribution in [0.15, 0.2) is 216 Å². The van der Waals surface area contributed by atoms with Crippen LogP contribution in [0.4, 0.5) is 43.9 Å². The first-order valence-corrected chi connectivity index (χ1v) is 38.7. The number of hydrogen-bond acceptors (Lipinski definition) is 45. The van der Waals surface area contributed by atoms with Crippen molar-refractivity contribution in [3.05, 3.63) is 380 Å². The maximum atomic E-state index is 14.2. The van der Waals surface area contributed by atoms with Crippen LogP contribution in [0.3, 0.4) is 0 Å². The number of fused-ring (bicyclic) bond motifs is 9. The summed E-state index contributed by atoms with van der Waals surface area (Å²) in [5, 5.41) is 61.2. The minimum absolute atomic E-state index is 0.0706. The fourth-order valence-electron chi connectivity index (χ4n) is 13.2. The molecular formula is C83H24F10N48. The van der Waals surface area contributed by atoms with Crippen LogP contribution in [-0.4, -0.2) is 105 Å². The predicted molar refractivity (Wildman–Crippen MR) is 431 cm³/mol. The zero-order valence-electron chi connectivity index (χ0n) is 69.7. The van der Waals surface area contributed by atoms with Gasteiger partial charge in [-0.15, -0.1) is 0 Å². The average Bonchev–Trinajstić information content (AvgIpc) is 1.65. The van der Waals surface area contributed by atoms with Gasteiger partial charge in [0.05, 0.1) is 57.8 Å².